The molecule has 3 aromatic carbocycles. The van der Waals surface area contributed by atoms with Crippen LogP contribution in [0.4, 0.5) is 0 Å². The summed E-state index contributed by atoms with van der Waals surface area (Å²) in [4.78, 5) is 40.4. The van der Waals surface area contributed by atoms with E-state index in [-0.39, 0.29) is 30.8 Å². The molecule has 0 saturated heterocycles. The number of hydrogen-bond acceptors (Lipinski definition) is 4. The number of allylic oxidation sites excluding steroid dienone is 1. The van der Waals surface area contributed by atoms with E-state index >= 15 is 0 Å². The van der Waals surface area contributed by atoms with Gasteiger partial charge in [-0.05, 0) is 49.6 Å². The second-order valence-corrected chi connectivity index (χ2v) is 9.23. The Balaban J connectivity index is 1.52. The number of amides is 2. The Bertz CT molecular complexity index is 1300. The Morgan fingerprint density at radius 3 is 2.24 bits per heavy atom. The summed E-state index contributed by atoms with van der Waals surface area (Å²) >= 11 is 0. The van der Waals surface area contributed by atoms with Crippen LogP contribution < -0.4 is 5.32 Å². The van der Waals surface area contributed by atoms with Gasteiger partial charge in [0.05, 0.1) is 18.7 Å². The normalized spacial score (nSPS) is 15.5. The molecule has 1 aliphatic heterocycles. The number of nitrogens with one attached hydrogen (secondary N) is 1. The zero-order chi connectivity index (χ0) is 26.4. The summed E-state index contributed by atoms with van der Waals surface area (Å²) < 4.78 is 5.38. The van der Waals surface area contributed by atoms with Crippen molar-refractivity contribution >= 4 is 17.8 Å². The highest BCUT2D eigenvalue weighted by Gasteiger charge is 2.36. The van der Waals surface area contributed by atoms with E-state index in [0.717, 1.165) is 22.3 Å². The second kappa shape index (κ2) is 11.7. The SMILES string of the molecule is CCOC(=O)C1=C(C)N(Cc2ccc(C(=O)NCc3ccccc3)cc2)C(=O)C[C@@H]1c1ccc(C)cc1. The highest BCUT2D eigenvalue weighted by Crippen LogP contribution is 2.37. The Hall–Kier alpha value is -4.19. The number of benzene rings is 3. The number of ether oxygens (including phenoxy) is 1. The van der Waals surface area contributed by atoms with Gasteiger partial charge >= 0.3 is 5.97 Å². The maximum atomic E-state index is 13.3. The molecule has 1 N–H and O–H groups in total. The molecule has 0 aliphatic carbocycles. The molecule has 4 rings (SSSR count). The van der Waals surface area contributed by atoms with Crippen molar-refractivity contribution in [2.24, 2.45) is 0 Å². The molecule has 3 aromatic rings. The lowest BCUT2D eigenvalue weighted by atomic mass is 9.83. The first-order valence-corrected chi connectivity index (χ1v) is 12.5. The molecule has 2 amide bonds. The smallest absolute Gasteiger partial charge is 0.336 e. The third-order valence-corrected chi connectivity index (χ3v) is 6.65. The van der Waals surface area contributed by atoms with Crippen molar-refractivity contribution in [2.45, 2.75) is 46.2 Å². The quantitative estimate of drug-likeness (QED) is 0.431. The van der Waals surface area contributed by atoms with Gasteiger partial charge < -0.3 is 15.0 Å². The summed E-state index contributed by atoms with van der Waals surface area (Å²) in [7, 11) is 0. The van der Waals surface area contributed by atoms with Crippen molar-refractivity contribution in [1.29, 1.82) is 0 Å². The number of aryl methyl sites for hydroxylation is 1. The van der Waals surface area contributed by atoms with Gasteiger partial charge in [0.1, 0.15) is 0 Å². The van der Waals surface area contributed by atoms with Crippen molar-refractivity contribution < 1.29 is 19.1 Å². The molecule has 0 saturated carbocycles. The number of carbonyl (C=O) groups is 3. The topological polar surface area (TPSA) is 75.7 Å². The van der Waals surface area contributed by atoms with Crippen LogP contribution in [0, 0.1) is 6.92 Å². The predicted octanol–water partition coefficient (Wildman–Crippen LogP) is 5.28. The first-order chi connectivity index (χ1) is 17.9. The van der Waals surface area contributed by atoms with E-state index in [1.807, 2.05) is 73.7 Å². The lowest BCUT2D eigenvalue weighted by Gasteiger charge is -2.34. The highest BCUT2D eigenvalue weighted by atomic mass is 16.5. The van der Waals surface area contributed by atoms with Gasteiger partial charge in [-0.25, -0.2) is 4.79 Å². The summed E-state index contributed by atoms with van der Waals surface area (Å²) in [6.45, 7) is 6.60. The largest absolute Gasteiger partial charge is 0.463 e. The fourth-order valence-electron chi connectivity index (χ4n) is 4.58. The van der Waals surface area contributed by atoms with E-state index in [4.69, 9.17) is 4.74 Å². The van der Waals surface area contributed by atoms with Crippen LogP contribution in [0.3, 0.4) is 0 Å². The van der Waals surface area contributed by atoms with Crippen molar-refractivity contribution in [3.8, 4) is 0 Å². The van der Waals surface area contributed by atoms with Gasteiger partial charge in [-0.1, -0.05) is 72.3 Å². The maximum Gasteiger partial charge on any atom is 0.336 e. The molecule has 37 heavy (non-hydrogen) atoms. The molecule has 0 aromatic heterocycles. The monoisotopic (exact) mass is 496 g/mol. The average molecular weight is 497 g/mol. The first-order valence-electron chi connectivity index (χ1n) is 12.5. The van der Waals surface area contributed by atoms with Crippen LogP contribution in [0.1, 0.15) is 58.8 Å². The van der Waals surface area contributed by atoms with Gasteiger partial charge in [-0.15, -0.1) is 0 Å². The molecular weight excluding hydrogens is 464 g/mol. The molecule has 0 bridgehead atoms. The molecule has 0 spiro atoms. The number of rotatable bonds is 8. The van der Waals surface area contributed by atoms with Gasteiger partial charge in [-0.3, -0.25) is 9.59 Å². The van der Waals surface area contributed by atoms with E-state index in [2.05, 4.69) is 5.32 Å². The average Bonchev–Trinajstić information content (AvgIpc) is 2.91. The van der Waals surface area contributed by atoms with Crippen molar-refractivity contribution in [2.75, 3.05) is 6.61 Å². The summed E-state index contributed by atoms with van der Waals surface area (Å²) in [6, 6.07) is 24.8. The third-order valence-electron chi connectivity index (χ3n) is 6.65. The van der Waals surface area contributed by atoms with Gasteiger partial charge in [0, 0.05) is 30.1 Å². The third kappa shape index (κ3) is 6.15. The van der Waals surface area contributed by atoms with Crippen molar-refractivity contribution in [1.82, 2.24) is 10.2 Å². The van der Waals surface area contributed by atoms with Crippen LogP contribution in [0.5, 0.6) is 0 Å². The molecular formula is C31H32N2O4. The Morgan fingerprint density at radius 1 is 0.919 bits per heavy atom. The molecule has 1 atom stereocenters. The van der Waals surface area contributed by atoms with Crippen LogP contribution in [-0.4, -0.2) is 29.3 Å². The minimum absolute atomic E-state index is 0.0548. The minimum atomic E-state index is -0.395. The Kier molecular flexibility index (Phi) is 8.18. The maximum absolute atomic E-state index is 13.3. The van der Waals surface area contributed by atoms with Crippen LogP contribution >= 0.6 is 0 Å². The van der Waals surface area contributed by atoms with Gasteiger partial charge in [0.2, 0.25) is 5.91 Å². The Morgan fingerprint density at radius 2 is 1.59 bits per heavy atom. The number of nitrogens with zero attached hydrogens (tertiary/aromatic N) is 1. The van der Waals surface area contributed by atoms with Crippen molar-refractivity contribution in [3.05, 3.63) is 118 Å². The predicted molar refractivity (Wildman–Crippen MR) is 142 cm³/mol. The van der Waals surface area contributed by atoms with Gasteiger partial charge in [0.15, 0.2) is 0 Å². The standard InChI is InChI=1S/C31H32N2O4/c1-4-37-31(36)29-22(3)33(28(34)18-27(29)25-14-10-21(2)11-15-25)20-24-12-16-26(17-13-24)30(35)32-19-23-8-6-5-7-9-23/h5-17,27H,4,18-20H2,1-3H3,(H,32,35)/t27-/m1/s1. The van der Waals surface area contributed by atoms with E-state index in [1.54, 1.807) is 30.9 Å². The van der Waals surface area contributed by atoms with Crippen LogP contribution in [0.25, 0.3) is 0 Å². The van der Waals surface area contributed by atoms with Crippen LogP contribution in [0.2, 0.25) is 0 Å². The van der Waals surface area contributed by atoms with E-state index in [9.17, 15) is 14.4 Å². The van der Waals surface area contributed by atoms with E-state index in [0.29, 0.717) is 29.9 Å². The molecule has 6 nitrogen and oxygen atoms in total. The first kappa shape index (κ1) is 25.9. The second-order valence-electron chi connectivity index (χ2n) is 9.23. The Labute approximate surface area is 218 Å². The summed E-state index contributed by atoms with van der Waals surface area (Å²) in [5.74, 6) is -0.959. The lowest BCUT2D eigenvalue weighted by Crippen LogP contribution is -2.38. The van der Waals surface area contributed by atoms with E-state index < -0.39 is 5.97 Å². The number of esters is 1. The molecule has 0 fully saturated rings. The summed E-state index contributed by atoms with van der Waals surface area (Å²) in [5.41, 5.74) is 5.59. The molecule has 1 heterocycles. The zero-order valence-electron chi connectivity index (χ0n) is 21.5. The number of hydrogen-bond donors (Lipinski definition) is 1. The molecule has 1 aliphatic rings. The lowest BCUT2D eigenvalue weighted by molar-refractivity contribution is -0.140. The fourth-order valence-corrected chi connectivity index (χ4v) is 4.58. The van der Waals surface area contributed by atoms with Crippen LogP contribution in [0.15, 0.2) is 90.1 Å². The van der Waals surface area contributed by atoms with Crippen molar-refractivity contribution in [3.63, 3.8) is 0 Å². The molecule has 6 heteroatoms. The van der Waals surface area contributed by atoms with E-state index in [1.165, 1.54) is 0 Å². The summed E-state index contributed by atoms with van der Waals surface area (Å²) in [5, 5.41) is 2.92. The minimum Gasteiger partial charge on any atom is -0.463 e. The van der Waals surface area contributed by atoms with Crippen LogP contribution in [-0.2, 0) is 27.4 Å². The fraction of sp³-hybridized carbons (Fsp3) is 0.258. The highest BCUT2D eigenvalue weighted by molar-refractivity contribution is 5.96. The molecule has 190 valence electrons. The van der Waals surface area contributed by atoms with Gasteiger partial charge in [0.25, 0.3) is 5.91 Å². The number of carbonyl (C=O) groups excluding carboxylic acids is 3. The molecule has 0 radical (unpaired) electrons. The zero-order valence-corrected chi connectivity index (χ0v) is 21.5. The molecule has 0 unspecified atom stereocenters. The summed E-state index contributed by atoms with van der Waals surface area (Å²) in [6.07, 6.45) is 0.189. The van der Waals surface area contributed by atoms with Gasteiger partial charge in [-0.2, -0.15) is 0 Å².